The van der Waals surface area contributed by atoms with E-state index in [9.17, 15) is 14.4 Å². The number of nitrogens with one attached hydrogen (secondary N) is 1. The van der Waals surface area contributed by atoms with Crippen LogP contribution in [0.5, 0.6) is 0 Å². The second kappa shape index (κ2) is 7.51. The van der Waals surface area contributed by atoms with Crippen molar-refractivity contribution in [3.63, 3.8) is 0 Å². The van der Waals surface area contributed by atoms with Gasteiger partial charge in [-0.2, -0.15) is 0 Å². The second-order valence-electron chi connectivity index (χ2n) is 7.18. The van der Waals surface area contributed by atoms with E-state index >= 15 is 0 Å². The molecule has 2 aliphatic rings. The van der Waals surface area contributed by atoms with Crippen LogP contribution in [0.1, 0.15) is 47.5 Å². The van der Waals surface area contributed by atoms with E-state index in [1.807, 2.05) is 0 Å². The summed E-state index contributed by atoms with van der Waals surface area (Å²) in [6, 6.07) is 0. The van der Waals surface area contributed by atoms with E-state index in [1.54, 1.807) is 34.6 Å². The molecule has 26 heavy (non-hydrogen) atoms. The van der Waals surface area contributed by atoms with Crippen LogP contribution in [-0.4, -0.2) is 54.2 Å². The van der Waals surface area contributed by atoms with Gasteiger partial charge in [0.15, 0.2) is 11.3 Å². The molecule has 0 aromatic heterocycles. The van der Waals surface area contributed by atoms with Gasteiger partial charge >= 0.3 is 18.0 Å². The molecule has 1 amide bonds. The van der Waals surface area contributed by atoms with Gasteiger partial charge in [0.1, 0.15) is 11.7 Å². The first-order valence-electron chi connectivity index (χ1n) is 8.73. The van der Waals surface area contributed by atoms with E-state index in [0.717, 1.165) is 0 Å². The molecule has 146 valence electrons. The molecule has 1 heterocycles. The highest BCUT2D eigenvalue weighted by Crippen LogP contribution is 2.43. The Morgan fingerprint density at radius 2 is 1.88 bits per heavy atom. The van der Waals surface area contributed by atoms with Gasteiger partial charge in [0.2, 0.25) is 0 Å². The highest BCUT2D eigenvalue weighted by molar-refractivity contribution is 6.38. The Morgan fingerprint density at radius 3 is 2.46 bits per heavy atom. The van der Waals surface area contributed by atoms with E-state index in [0.29, 0.717) is 6.42 Å². The lowest BCUT2D eigenvalue weighted by Gasteiger charge is -2.33. The summed E-state index contributed by atoms with van der Waals surface area (Å²) in [5.41, 5.74) is -2.27. The van der Waals surface area contributed by atoms with E-state index in [1.165, 1.54) is 0 Å². The maximum absolute atomic E-state index is 12.8. The first-order valence-corrected chi connectivity index (χ1v) is 8.73. The molecule has 1 saturated carbocycles. The lowest BCUT2D eigenvalue weighted by Crippen LogP contribution is -2.61. The lowest BCUT2D eigenvalue weighted by atomic mass is 9.82. The van der Waals surface area contributed by atoms with Crippen LogP contribution < -0.4 is 5.32 Å². The SMILES string of the molecule is CCOC(=O)C1=NO[C@H]2CC[C@](NC(=O)OC(C)(C)C)(C(=O)OCC)[C@@H]12. The Kier molecular flexibility index (Phi) is 5.77. The number of fused-ring (bicyclic) bond motifs is 1. The largest absolute Gasteiger partial charge is 0.464 e. The number of rotatable bonds is 5. The number of oxime groups is 1. The minimum absolute atomic E-state index is 0.0292. The average molecular weight is 370 g/mol. The average Bonchev–Trinajstić information content (AvgIpc) is 3.08. The minimum atomic E-state index is -1.49. The highest BCUT2D eigenvalue weighted by atomic mass is 16.7. The molecule has 0 spiro atoms. The molecule has 1 fully saturated rings. The van der Waals surface area contributed by atoms with Gasteiger partial charge in [-0.1, -0.05) is 5.16 Å². The van der Waals surface area contributed by atoms with Gasteiger partial charge in [-0.25, -0.2) is 14.4 Å². The summed E-state index contributed by atoms with van der Waals surface area (Å²) in [4.78, 5) is 42.7. The second-order valence-corrected chi connectivity index (χ2v) is 7.18. The monoisotopic (exact) mass is 370 g/mol. The van der Waals surface area contributed by atoms with Crippen LogP contribution in [0, 0.1) is 5.92 Å². The number of amides is 1. The Hall–Kier alpha value is -2.32. The van der Waals surface area contributed by atoms with Crippen molar-refractivity contribution >= 4 is 23.7 Å². The smallest absolute Gasteiger partial charge is 0.408 e. The zero-order valence-corrected chi connectivity index (χ0v) is 15.8. The number of hydrogen-bond donors (Lipinski definition) is 1. The van der Waals surface area contributed by atoms with Crippen LogP contribution in [0.3, 0.4) is 0 Å². The van der Waals surface area contributed by atoms with Gasteiger partial charge in [-0.05, 0) is 47.5 Å². The summed E-state index contributed by atoms with van der Waals surface area (Å²) in [6.07, 6.45) is -0.639. The summed E-state index contributed by atoms with van der Waals surface area (Å²) in [5, 5.41) is 6.43. The van der Waals surface area contributed by atoms with Gasteiger partial charge in [-0.15, -0.1) is 0 Å². The normalized spacial score (nSPS) is 27.0. The molecule has 1 N–H and O–H groups in total. The molecule has 9 nitrogen and oxygen atoms in total. The quantitative estimate of drug-likeness (QED) is 0.577. The van der Waals surface area contributed by atoms with Gasteiger partial charge in [0, 0.05) is 0 Å². The van der Waals surface area contributed by atoms with Crippen molar-refractivity contribution in [3.05, 3.63) is 0 Å². The zero-order chi connectivity index (χ0) is 19.5. The van der Waals surface area contributed by atoms with Crippen molar-refractivity contribution in [2.45, 2.75) is 64.7 Å². The molecule has 0 bridgehead atoms. The summed E-state index contributed by atoms with van der Waals surface area (Å²) < 4.78 is 15.5. The molecule has 0 aromatic carbocycles. The summed E-state index contributed by atoms with van der Waals surface area (Å²) in [7, 11) is 0. The first kappa shape index (κ1) is 20.0. The maximum Gasteiger partial charge on any atom is 0.408 e. The lowest BCUT2D eigenvalue weighted by molar-refractivity contribution is -0.152. The molecular formula is C17H26N2O7. The van der Waals surface area contributed by atoms with Crippen molar-refractivity contribution in [1.82, 2.24) is 5.32 Å². The van der Waals surface area contributed by atoms with Crippen molar-refractivity contribution in [3.8, 4) is 0 Å². The van der Waals surface area contributed by atoms with Crippen molar-refractivity contribution in [2.24, 2.45) is 11.1 Å². The number of nitrogens with zero attached hydrogens (tertiary/aromatic N) is 1. The molecule has 0 saturated heterocycles. The summed E-state index contributed by atoms with van der Waals surface area (Å²) >= 11 is 0. The molecule has 1 aliphatic carbocycles. The molecule has 0 unspecified atom stereocenters. The molecule has 0 aromatic rings. The van der Waals surface area contributed by atoms with Gasteiger partial charge in [0.05, 0.1) is 19.1 Å². The van der Waals surface area contributed by atoms with E-state index in [-0.39, 0.29) is 25.3 Å². The van der Waals surface area contributed by atoms with Crippen LogP contribution in [0.4, 0.5) is 4.79 Å². The van der Waals surface area contributed by atoms with Crippen LogP contribution in [-0.2, 0) is 28.6 Å². The Labute approximate surface area is 152 Å². The third-order valence-corrected chi connectivity index (χ3v) is 4.16. The molecule has 3 atom stereocenters. The molecule has 2 rings (SSSR count). The van der Waals surface area contributed by atoms with Gasteiger partial charge in [0.25, 0.3) is 0 Å². The Balaban J connectivity index is 2.34. The van der Waals surface area contributed by atoms with Gasteiger partial charge < -0.3 is 24.4 Å². The predicted molar refractivity (Wildman–Crippen MR) is 90.4 cm³/mol. The molecule has 9 heteroatoms. The third-order valence-electron chi connectivity index (χ3n) is 4.16. The topological polar surface area (TPSA) is 113 Å². The number of alkyl carbamates (subject to hydrolysis) is 1. The van der Waals surface area contributed by atoms with E-state index in [2.05, 4.69) is 10.5 Å². The van der Waals surface area contributed by atoms with Crippen LogP contribution >= 0.6 is 0 Å². The standard InChI is InChI=1S/C17H26N2O7/c1-6-23-13(20)12-11-10(26-19-12)8-9-17(11,14(21)24-7-2)18-15(22)25-16(3,4)5/h10-11H,6-9H2,1-5H3,(H,18,22)/t10-,11+,17+/m0/s1. The van der Waals surface area contributed by atoms with Gasteiger partial charge in [-0.3, -0.25) is 0 Å². The number of carbonyl (C=O) groups is 3. The summed E-state index contributed by atoms with van der Waals surface area (Å²) in [5.74, 6) is -2.13. The van der Waals surface area contributed by atoms with E-state index < -0.39 is 41.2 Å². The highest BCUT2D eigenvalue weighted by Gasteiger charge is 2.63. The number of ether oxygens (including phenoxy) is 3. The van der Waals surface area contributed by atoms with E-state index in [4.69, 9.17) is 19.0 Å². The zero-order valence-electron chi connectivity index (χ0n) is 15.8. The maximum atomic E-state index is 12.8. The Morgan fingerprint density at radius 1 is 1.23 bits per heavy atom. The van der Waals surface area contributed by atoms with Crippen molar-refractivity contribution < 1.29 is 33.4 Å². The van der Waals surface area contributed by atoms with Crippen molar-refractivity contribution in [2.75, 3.05) is 13.2 Å². The number of esters is 2. The van der Waals surface area contributed by atoms with Crippen LogP contribution in [0.2, 0.25) is 0 Å². The molecule has 1 aliphatic heterocycles. The molecular weight excluding hydrogens is 344 g/mol. The number of hydrogen-bond acceptors (Lipinski definition) is 8. The third kappa shape index (κ3) is 3.91. The minimum Gasteiger partial charge on any atom is -0.464 e. The predicted octanol–water partition coefficient (Wildman–Crippen LogP) is 1.54. The van der Waals surface area contributed by atoms with Crippen LogP contribution in [0.25, 0.3) is 0 Å². The first-order chi connectivity index (χ1) is 12.1. The summed E-state index contributed by atoms with van der Waals surface area (Å²) in [6.45, 7) is 8.75. The fourth-order valence-corrected chi connectivity index (χ4v) is 3.25. The number of carbonyl (C=O) groups excluding carboxylic acids is 3. The Bertz CT molecular complexity index is 611. The molecule has 0 radical (unpaired) electrons. The fourth-order valence-electron chi connectivity index (χ4n) is 3.25. The fraction of sp³-hybridized carbons (Fsp3) is 0.765. The van der Waals surface area contributed by atoms with Crippen molar-refractivity contribution in [1.29, 1.82) is 0 Å². The van der Waals surface area contributed by atoms with Crippen LogP contribution in [0.15, 0.2) is 5.16 Å².